The third-order valence-corrected chi connectivity index (χ3v) is 8.20. The van der Waals surface area contributed by atoms with Crippen molar-refractivity contribution in [1.82, 2.24) is 10.2 Å². The van der Waals surface area contributed by atoms with E-state index >= 15 is 0 Å². The Labute approximate surface area is 243 Å². The Hall–Kier alpha value is -3.81. The average molecular weight is 559 g/mol. The molecule has 0 saturated carbocycles. The van der Waals surface area contributed by atoms with E-state index in [-0.39, 0.29) is 41.8 Å². The molecular formula is C33H42N4O4. The van der Waals surface area contributed by atoms with Crippen LogP contribution in [0.5, 0.6) is 11.5 Å². The lowest BCUT2D eigenvalue weighted by molar-refractivity contribution is -0.132. The Morgan fingerprint density at radius 1 is 1.05 bits per heavy atom. The largest absolute Gasteiger partial charge is 0.493 e. The molecule has 2 aromatic carbocycles. The van der Waals surface area contributed by atoms with Gasteiger partial charge in [-0.3, -0.25) is 14.5 Å². The average Bonchev–Trinajstić information content (AvgIpc) is 2.94. The Kier molecular flexibility index (Phi) is 8.38. The number of ether oxygens (including phenoxy) is 2. The number of hydrogen-bond donors (Lipinski definition) is 2. The molecule has 4 atom stereocenters. The van der Waals surface area contributed by atoms with Gasteiger partial charge in [-0.25, -0.2) is 4.99 Å². The molecule has 0 saturated heterocycles. The number of para-hydroxylation sites is 1. The van der Waals surface area contributed by atoms with Crippen LogP contribution in [0.3, 0.4) is 0 Å². The zero-order valence-electron chi connectivity index (χ0n) is 24.6. The van der Waals surface area contributed by atoms with E-state index in [1.54, 1.807) is 4.90 Å². The second-order valence-corrected chi connectivity index (χ2v) is 11.7. The van der Waals surface area contributed by atoms with Crippen molar-refractivity contribution in [3.63, 3.8) is 0 Å². The van der Waals surface area contributed by atoms with Crippen molar-refractivity contribution in [2.45, 2.75) is 89.9 Å². The SMILES string of the molecule is CC.CC1(C)CC2NC(=O)CCC3COc4ccccc4C3N3C(=O)CC(CC/C=C/c4ccc(c2c4)O1)N=C3N. The zero-order chi connectivity index (χ0) is 29.1. The maximum Gasteiger partial charge on any atom is 0.232 e. The molecule has 0 spiro atoms. The summed E-state index contributed by atoms with van der Waals surface area (Å²) in [4.78, 5) is 33.3. The van der Waals surface area contributed by atoms with E-state index in [4.69, 9.17) is 20.2 Å². The van der Waals surface area contributed by atoms with E-state index in [1.165, 1.54) is 0 Å². The highest BCUT2D eigenvalue weighted by Crippen LogP contribution is 2.43. The van der Waals surface area contributed by atoms with Gasteiger partial charge in [0.1, 0.15) is 17.1 Å². The van der Waals surface area contributed by atoms with Gasteiger partial charge >= 0.3 is 0 Å². The number of aliphatic imine (C=N–C) groups is 1. The second kappa shape index (κ2) is 12.0. The van der Waals surface area contributed by atoms with Gasteiger partial charge in [-0.15, -0.1) is 0 Å². The van der Waals surface area contributed by atoms with Crippen molar-refractivity contribution < 1.29 is 19.1 Å². The maximum atomic E-state index is 13.5. The summed E-state index contributed by atoms with van der Waals surface area (Å²) in [7, 11) is 0. The van der Waals surface area contributed by atoms with Gasteiger partial charge in [-0.1, -0.05) is 50.3 Å². The number of hydrogen-bond acceptors (Lipinski definition) is 6. The topological polar surface area (TPSA) is 106 Å². The molecule has 4 bridgehead atoms. The minimum Gasteiger partial charge on any atom is -0.493 e. The molecule has 218 valence electrons. The van der Waals surface area contributed by atoms with Gasteiger partial charge in [0.25, 0.3) is 0 Å². The van der Waals surface area contributed by atoms with Crippen molar-refractivity contribution in [2.24, 2.45) is 16.6 Å². The van der Waals surface area contributed by atoms with Crippen LogP contribution in [0, 0.1) is 5.92 Å². The summed E-state index contributed by atoms with van der Waals surface area (Å²) >= 11 is 0. The van der Waals surface area contributed by atoms with E-state index in [2.05, 4.69) is 37.4 Å². The van der Waals surface area contributed by atoms with E-state index in [1.807, 2.05) is 50.2 Å². The monoisotopic (exact) mass is 558 g/mol. The molecule has 5 aliphatic rings. The van der Waals surface area contributed by atoms with Crippen LogP contribution in [0.1, 0.15) is 95.0 Å². The minimum absolute atomic E-state index is 0.0292. The summed E-state index contributed by atoms with van der Waals surface area (Å²) in [6.45, 7) is 8.50. The number of carbonyl (C=O) groups excluding carboxylic acids is 2. The van der Waals surface area contributed by atoms with Crippen molar-refractivity contribution >= 4 is 23.8 Å². The molecule has 4 unspecified atom stereocenters. The molecule has 3 N–H and O–H groups in total. The van der Waals surface area contributed by atoms with Crippen LogP contribution < -0.4 is 20.5 Å². The number of nitrogens with two attached hydrogens (primary N) is 1. The molecule has 7 rings (SSSR count). The number of carbonyl (C=O) groups is 2. The molecule has 5 heterocycles. The summed E-state index contributed by atoms with van der Waals surface area (Å²) in [5.41, 5.74) is 9.05. The van der Waals surface area contributed by atoms with Gasteiger partial charge in [0.05, 0.1) is 24.7 Å². The molecule has 41 heavy (non-hydrogen) atoms. The Morgan fingerprint density at radius 2 is 1.85 bits per heavy atom. The van der Waals surface area contributed by atoms with Gasteiger partial charge in [-0.05, 0) is 56.9 Å². The zero-order valence-corrected chi connectivity index (χ0v) is 24.6. The number of rotatable bonds is 0. The lowest BCUT2D eigenvalue weighted by atomic mass is 9.85. The summed E-state index contributed by atoms with van der Waals surface area (Å²) in [5, 5.41) is 3.28. The normalized spacial score (nSPS) is 27.6. The van der Waals surface area contributed by atoms with Crippen molar-refractivity contribution in [3.8, 4) is 11.5 Å². The summed E-state index contributed by atoms with van der Waals surface area (Å²) in [6.07, 6.45) is 7.56. The van der Waals surface area contributed by atoms with Crippen LogP contribution in [-0.2, 0) is 9.59 Å². The molecule has 8 nitrogen and oxygen atoms in total. The lowest BCUT2D eigenvalue weighted by Crippen LogP contribution is -2.52. The number of benzene rings is 2. The van der Waals surface area contributed by atoms with Crippen LogP contribution in [-0.4, -0.2) is 40.9 Å². The molecule has 0 aromatic heterocycles. The first kappa shape index (κ1) is 28.7. The fraction of sp³-hybridized carbons (Fsp3) is 0.485. The van der Waals surface area contributed by atoms with Crippen molar-refractivity contribution in [2.75, 3.05) is 6.61 Å². The Morgan fingerprint density at radius 3 is 2.66 bits per heavy atom. The van der Waals surface area contributed by atoms with E-state index in [0.717, 1.165) is 41.0 Å². The van der Waals surface area contributed by atoms with Gasteiger partial charge in [0.15, 0.2) is 5.96 Å². The van der Waals surface area contributed by atoms with Crippen LogP contribution in [0.4, 0.5) is 0 Å². The quantitative estimate of drug-likeness (QED) is 0.433. The van der Waals surface area contributed by atoms with Gasteiger partial charge in [0.2, 0.25) is 11.8 Å². The highest BCUT2D eigenvalue weighted by molar-refractivity contribution is 5.99. The summed E-state index contributed by atoms with van der Waals surface area (Å²) in [5.74, 6) is 1.64. The van der Waals surface area contributed by atoms with Crippen molar-refractivity contribution in [3.05, 3.63) is 65.2 Å². The molecule has 2 aromatic rings. The van der Waals surface area contributed by atoms with Crippen LogP contribution >= 0.6 is 0 Å². The van der Waals surface area contributed by atoms with E-state index in [9.17, 15) is 9.59 Å². The number of allylic oxidation sites excluding steroid dienone is 1. The van der Waals surface area contributed by atoms with Crippen LogP contribution in [0.2, 0.25) is 0 Å². The van der Waals surface area contributed by atoms with Crippen molar-refractivity contribution in [1.29, 1.82) is 0 Å². The molecule has 0 radical (unpaired) electrons. The standard InChI is InChI=1S/C31H36N4O4.C2H6/c1-31(2)17-24-23-15-19(11-13-26(23)39-31)7-3-4-8-21-16-28(37)35(30(32)33-21)29-20(12-14-27(36)34-24)18-38-25-10-6-5-9-22(25)29;1-2/h3,5-7,9-11,13,15,20-21,24,29H,4,8,12,14,16-18H2,1-2H3,(H2,32,33)(H,34,36);1-2H3/b7-3+;. The number of nitrogens with one attached hydrogen (secondary N) is 1. The summed E-state index contributed by atoms with van der Waals surface area (Å²) in [6, 6.07) is 13.3. The fourth-order valence-corrected chi connectivity index (χ4v) is 6.37. The predicted octanol–water partition coefficient (Wildman–Crippen LogP) is 5.68. The molecular weight excluding hydrogens is 516 g/mol. The van der Waals surface area contributed by atoms with E-state index in [0.29, 0.717) is 32.3 Å². The fourth-order valence-electron chi connectivity index (χ4n) is 6.37. The first-order valence-corrected chi connectivity index (χ1v) is 14.9. The molecule has 2 amide bonds. The first-order chi connectivity index (χ1) is 19.8. The molecule has 0 fully saturated rings. The van der Waals surface area contributed by atoms with Crippen LogP contribution in [0.15, 0.2) is 53.5 Å². The third kappa shape index (κ3) is 6.11. The first-order valence-electron chi connectivity index (χ1n) is 14.9. The maximum absolute atomic E-state index is 13.5. The predicted molar refractivity (Wildman–Crippen MR) is 161 cm³/mol. The Balaban J connectivity index is 0.00000165. The van der Waals surface area contributed by atoms with E-state index < -0.39 is 5.60 Å². The lowest BCUT2D eigenvalue weighted by Gasteiger charge is -2.42. The third-order valence-electron chi connectivity index (χ3n) is 8.20. The molecule has 0 aliphatic carbocycles. The number of guanidine groups is 1. The number of fused-ring (bicyclic) bond motifs is 7. The van der Waals surface area contributed by atoms with Gasteiger partial charge in [-0.2, -0.15) is 0 Å². The minimum atomic E-state index is -0.394. The van der Waals surface area contributed by atoms with Crippen LogP contribution in [0.25, 0.3) is 6.08 Å². The number of amides is 2. The van der Waals surface area contributed by atoms with Gasteiger partial charge < -0.3 is 20.5 Å². The molecule has 5 aliphatic heterocycles. The molecule has 8 heteroatoms. The Bertz CT molecular complexity index is 1350. The highest BCUT2D eigenvalue weighted by atomic mass is 16.5. The second-order valence-electron chi connectivity index (χ2n) is 11.7. The highest BCUT2D eigenvalue weighted by Gasteiger charge is 2.42. The summed E-state index contributed by atoms with van der Waals surface area (Å²) < 4.78 is 12.3. The smallest absolute Gasteiger partial charge is 0.232 e. The van der Waals surface area contributed by atoms with Gasteiger partial charge in [0, 0.05) is 36.3 Å². The number of nitrogens with zero attached hydrogens (tertiary/aromatic N) is 2.